The molecule has 0 aliphatic carbocycles. The van der Waals surface area contributed by atoms with Crippen LogP contribution in [-0.4, -0.2) is 59.0 Å². The number of carbonyl (C=O) groups excluding carboxylic acids is 1. The van der Waals surface area contributed by atoms with E-state index in [4.69, 9.17) is 9.47 Å². The molecule has 1 amide bonds. The molecule has 2 aromatic rings. The van der Waals surface area contributed by atoms with Gasteiger partial charge in [-0.3, -0.25) is 4.79 Å². The van der Waals surface area contributed by atoms with E-state index in [1.54, 1.807) is 25.2 Å². The molecular formula is C22H27NO6. The Bertz CT molecular complexity index is 881. The van der Waals surface area contributed by atoms with Crippen molar-refractivity contribution in [3.63, 3.8) is 0 Å². The van der Waals surface area contributed by atoms with E-state index in [9.17, 15) is 20.1 Å². The fourth-order valence-corrected chi connectivity index (χ4v) is 3.41. The molecule has 2 aromatic carbocycles. The van der Waals surface area contributed by atoms with E-state index < -0.39 is 24.1 Å². The molecule has 7 heteroatoms. The summed E-state index contributed by atoms with van der Waals surface area (Å²) in [7, 11) is 1.59. The van der Waals surface area contributed by atoms with Gasteiger partial charge in [0.25, 0.3) is 5.91 Å². The monoisotopic (exact) mass is 401 g/mol. The van der Waals surface area contributed by atoms with E-state index in [0.29, 0.717) is 11.3 Å². The zero-order chi connectivity index (χ0) is 21.2. The van der Waals surface area contributed by atoms with Crippen LogP contribution in [-0.2, 0) is 4.74 Å². The zero-order valence-corrected chi connectivity index (χ0v) is 16.8. The summed E-state index contributed by atoms with van der Waals surface area (Å²) in [6.07, 6.45) is -2.68. The van der Waals surface area contributed by atoms with Crippen molar-refractivity contribution in [2.24, 2.45) is 0 Å². The highest BCUT2D eigenvalue weighted by atomic mass is 16.7. The first-order chi connectivity index (χ1) is 13.8. The normalized spacial score (nSPS) is 26.8. The highest BCUT2D eigenvalue weighted by Crippen LogP contribution is 2.33. The van der Waals surface area contributed by atoms with Crippen molar-refractivity contribution in [1.82, 2.24) is 5.32 Å². The predicted molar refractivity (Wildman–Crippen MR) is 108 cm³/mol. The molecule has 1 heterocycles. The first kappa shape index (κ1) is 21.3. The summed E-state index contributed by atoms with van der Waals surface area (Å²) in [4.78, 5) is 11.9. The number of ether oxygens (including phenoxy) is 2. The lowest BCUT2D eigenvalue weighted by Crippen LogP contribution is -2.60. The Kier molecular flexibility index (Phi) is 6.24. The summed E-state index contributed by atoms with van der Waals surface area (Å²) < 4.78 is 11.4. The molecule has 1 aliphatic rings. The second kappa shape index (κ2) is 8.51. The Morgan fingerprint density at radius 2 is 2.07 bits per heavy atom. The Labute approximate surface area is 169 Å². The fraction of sp³-hybridized carbons (Fsp3) is 0.409. The van der Waals surface area contributed by atoms with Crippen LogP contribution >= 0.6 is 0 Å². The Balaban J connectivity index is 1.84. The Hall–Kier alpha value is -2.45. The van der Waals surface area contributed by atoms with Crippen molar-refractivity contribution >= 4 is 5.91 Å². The average Bonchev–Trinajstić information content (AvgIpc) is 2.71. The van der Waals surface area contributed by atoms with Crippen molar-refractivity contribution in [2.75, 3.05) is 13.7 Å². The summed E-state index contributed by atoms with van der Waals surface area (Å²) in [5.41, 5.74) is 1.70. The summed E-state index contributed by atoms with van der Waals surface area (Å²) in [5, 5.41) is 32.7. The maximum absolute atomic E-state index is 11.9. The fourth-order valence-electron chi connectivity index (χ4n) is 3.41. The first-order valence-electron chi connectivity index (χ1n) is 9.52. The van der Waals surface area contributed by atoms with E-state index >= 15 is 0 Å². The lowest BCUT2D eigenvalue weighted by atomic mass is 9.90. The minimum atomic E-state index is -1.61. The molecule has 4 atom stereocenters. The van der Waals surface area contributed by atoms with E-state index in [1.807, 2.05) is 31.2 Å². The van der Waals surface area contributed by atoms with Gasteiger partial charge in [0, 0.05) is 19.0 Å². The van der Waals surface area contributed by atoms with E-state index in [-0.39, 0.29) is 18.9 Å². The predicted octanol–water partition coefficient (Wildman–Crippen LogP) is 1.62. The van der Waals surface area contributed by atoms with Crippen LogP contribution in [0.3, 0.4) is 0 Å². The van der Waals surface area contributed by atoms with Gasteiger partial charge in [-0.05, 0) is 54.8 Å². The van der Waals surface area contributed by atoms with Crippen molar-refractivity contribution in [3.05, 3.63) is 53.6 Å². The molecule has 0 spiro atoms. The number of hydrogen-bond donors (Lipinski definition) is 4. The molecule has 1 fully saturated rings. The second-order valence-electron chi connectivity index (χ2n) is 7.50. The highest BCUT2D eigenvalue weighted by Gasteiger charge is 2.48. The molecule has 1 aliphatic heterocycles. The van der Waals surface area contributed by atoms with Gasteiger partial charge in [-0.1, -0.05) is 18.2 Å². The van der Waals surface area contributed by atoms with Gasteiger partial charge in [-0.25, -0.2) is 0 Å². The number of hydrogen-bond acceptors (Lipinski definition) is 6. The summed E-state index contributed by atoms with van der Waals surface area (Å²) in [6.45, 7) is 3.09. The molecule has 29 heavy (non-hydrogen) atoms. The van der Waals surface area contributed by atoms with E-state index in [1.165, 1.54) is 6.92 Å². The number of aliphatic hydroxyl groups is 3. The number of aryl methyl sites for hydroxylation is 1. The smallest absolute Gasteiger partial charge is 0.251 e. The maximum Gasteiger partial charge on any atom is 0.251 e. The van der Waals surface area contributed by atoms with Gasteiger partial charge in [0.15, 0.2) is 0 Å². The van der Waals surface area contributed by atoms with Gasteiger partial charge < -0.3 is 30.1 Å². The molecule has 156 valence electrons. The van der Waals surface area contributed by atoms with E-state index in [2.05, 4.69) is 5.32 Å². The first-order valence-corrected chi connectivity index (χ1v) is 9.52. The molecule has 0 bridgehead atoms. The maximum atomic E-state index is 11.9. The van der Waals surface area contributed by atoms with Crippen LogP contribution in [0.4, 0.5) is 0 Å². The minimum Gasteiger partial charge on any atom is -0.462 e. The van der Waals surface area contributed by atoms with Crippen LogP contribution in [0.15, 0.2) is 42.5 Å². The lowest BCUT2D eigenvalue weighted by molar-refractivity contribution is -0.283. The zero-order valence-electron chi connectivity index (χ0n) is 16.8. The molecule has 3 rings (SSSR count). The van der Waals surface area contributed by atoms with Crippen LogP contribution in [0.5, 0.6) is 5.75 Å². The van der Waals surface area contributed by atoms with Gasteiger partial charge in [0.1, 0.15) is 11.4 Å². The number of benzene rings is 2. The molecule has 0 aromatic heterocycles. The van der Waals surface area contributed by atoms with Crippen molar-refractivity contribution in [2.45, 2.75) is 44.4 Å². The molecule has 4 unspecified atom stereocenters. The van der Waals surface area contributed by atoms with Gasteiger partial charge in [0.2, 0.25) is 6.29 Å². The standard InChI is InChI=1S/C22H27NO6/c1-13-9-16(28-21-22(2,27)19(25)11-17(12-24)29-21)7-8-18(13)14-5-4-6-15(10-14)20(26)23-3/h4-10,17,19,21,24-25,27H,11-12H2,1-3H3,(H,23,26). The number of aliphatic hydroxyl groups excluding tert-OH is 2. The van der Waals surface area contributed by atoms with Crippen LogP contribution < -0.4 is 10.1 Å². The number of amides is 1. The molecule has 0 saturated carbocycles. The minimum absolute atomic E-state index is 0.128. The highest BCUT2D eigenvalue weighted by molar-refractivity contribution is 5.95. The molecule has 0 radical (unpaired) electrons. The Morgan fingerprint density at radius 1 is 1.31 bits per heavy atom. The lowest BCUT2D eigenvalue weighted by Gasteiger charge is -2.43. The van der Waals surface area contributed by atoms with Crippen LogP contribution in [0.1, 0.15) is 29.3 Å². The van der Waals surface area contributed by atoms with Crippen molar-refractivity contribution in [3.8, 4) is 16.9 Å². The second-order valence-corrected chi connectivity index (χ2v) is 7.50. The molecule has 1 saturated heterocycles. The van der Waals surface area contributed by atoms with Crippen LogP contribution in [0.2, 0.25) is 0 Å². The van der Waals surface area contributed by atoms with Crippen LogP contribution in [0, 0.1) is 6.92 Å². The van der Waals surface area contributed by atoms with Crippen molar-refractivity contribution < 1.29 is 29.6 Å². The average molecular weight is 401 g/mol. The molecule has 7 nitrogen and oxygen atoms in total. The van der Waals surface area contributed by atoms with E-state index in [0.717, 1.165) is 16.7 Å². The SMILES string of the molecule is CNC(=O)c1cccc(-c2ccc(OC3OC(CO)CC(O)C3(C)O)cc2C)c1. The summed E-state index contributed by atoms with van der Waals surface area (Å²) >= 11 is 0. The third-order valence-corrected chi connectivity index (χ3v) is 5.26. The van der Waals surface area contributed by atoms with Crippen molar-refractivity contribution in [1.29, 1.82) is 0 Å². The third-order valence-electron chi connectivity index (χ3n) is 5.26. The van der Waals surface area contributed by atoms with Gasteiger partial charge >= 0.3 is 0 Å². The van der Waals surface area contributed by atoms with Gasteiger partial charge in [-0.15, -0.1) is 0 Å². The topological polar surface area (TPSA) is 108 Å². The Morgan fingerprint density at radius 3 is 2.72 bits per heavy atom. The largest absolute Gasteiger partial charge is 0.462 e. The quantitative estimate of drug-likeness (QED) is 0.606. The number of nitrogens with one attached hydrogen (secondary N) is 1. The number of rotatable bonds is 5. The van der Waals surface area contributed by atoms with Crippen LogP contribution in [0.25, 0.3) is 11.1 Å². The third kappa shape index (κ3) is 4.43. The summed E-state index contributed by atoms with van der Waals surface area (Å²) in [5.74, 6) is 0.308. The number of carbonyl (C=O) groups is 1. The molecule has 4 N–H and O–H groups in total. The summed E-state index contributed by atoms with van der Waals surface area (Å²) in [6, 6.07) is 12.7. The van der Waals surface area contributed by atoms with Gasteiger partial charge in [-0.2, -0.15) is 0 Å². The van der Waals surface area contributed by atoms with Gasteiger partial charge in [0.05, 0.1) is 18.8 Å². The molecular weight excluding hydrogens is 374 g/mol.